The molecule has 334 valence electrons. The summed E-state index contributed by atoms with van der Waals surface area (Å²) in [5.74, 6) is -0.220. The summed E-state index contributed by atoms with van der Waals surface area (Å²) < 4.78 is 16.0. The van der Waals surface area contributed by atoms with Gasteiger partial charge in [-0.1, -0.05) is 257 Å². The highest BCUT2D eigenvalue weighted by Crippen LogP contribution is 2.36. The van der Waals surface area contributed by atoms with Gasteiger partial charge in [0, 0.05) is 6.42 Å². The molecule has 0 radical (unpaired) electrons. The van der Waals surface area contributed by atoms with Gasteiger partial charge in [0.25, 0.3) is 0 Å². The third-order valence-electron chi connectivity index (χ3n) is 11.5. The Morgan fingerprint density at radius 2 is 0.786 bits per heavy atom. The van der Waals surface area contributed by atoms with Gasteiger partial charge in [-0.05, 0) is 19.3 Å². The zero-order valence-corrected chi connectivity index (χ0v) is 38.2. The Labute approximate surface area is 348 Å². The van der Waals surface area contributed by atoms with Crippen LogP contribution in [0.15, 0.2) is 12.2 Å². The fraction of sp³-hybridized carbons (Fsp3) is 0.938. The molecule has 0 fully saturated rings. The molecule has 0 aliphatic rings. The minimum atomic E-state index is -4.71. The van der Waals surface area contributed by atoms with Crippen molar-refractivity contribution in [3.63, 3.8) is 0 Å². The van der Waals surface area contributed by atoms with E-state index in [2.05, 4.69) is 23.7 Å². The summed E-state index contributed by atoms with van der Waals surface area (Å²) in [6, 6.07) is -0.905. The molecule has 8 heteroatoms. The summed E-state index contributed by atoms with van der Waals surface area (Å²) in [5, 5.41) is 13.4. The van der Waals surface area contributed by atoms with E-state index >= 15 is 0 Å². The predicted octanol–water partition coefficient (Wildman–Crippen LogP) is 15.1. The molecule has 0 aliphatic carbocycles. The van der Waals surface area contributed by atoms with Crippen LogP contribution in [0.1, 0.15) is 271 Å². The summed E-state index contributed by atoms with van der Waals surface area (Å²) in [4.78, 5) is 31.0. The predicted molar refractivity (Wildman–Crippen MR) is 241 cm³/mol. The number of nitrogens with one attached hydrogen (secondary N) is 1. The number of aliphatic hydroxyl groups excluding tert-OH is 1. The van der Waals surface area contributed by atoms with Crippen molar-refractivity contribution in [3.05, 3.63) is 12.2 Å². The smallest absolute Gasteiger partial charge is 0.387 e. The van der Waals surface area contributed by atoms with Crippen molar-refractivity contribution in [2.75, 3.05) is 6.61 Å². The Bertz CT molecular complexity index is 880. The van der Waals surface area contributed by atoms with Gasteiger partial charge in [0.05, 0.1) is 18.8 Å². The second-order valence-electron chi connectivity index (χ2n) is 17.1. The molecule has 4 N–H and O–H groups in total. The topological polar surface area (TPSA) is 116 Å². The average Bonchev–Trinajstić information content (AvgIpc) is 3.17. The number of allylic oxidation sites excluding steroid dienone is 1. The maximum Gasteiger partial charge on any atom is 0.469 e. The highest BCUT2D eigenvalue weighted by Gasteiger charge is 2.24. The maximum absolute atomic E-state index is 12.6. The first-order chi connectivity index (χ1) is 27.3. The van der Waals surface area contributed by atoms with Crippen molar-refractivity contribution >= 4 is 13.7 Å². The molecule has 1 amide bonds. The number of phosphoric acid groups is 1. The molecule has 0 rings (SSSR count). The molecule has 0 aromatic rings. The first-order valence-corrected chi connectivity index (χ1v) is 26.2. The van der Waals surface area contributed by atoms with Crippen LogP contribution in [0, 0.1) is 0 Å². The van der Waals surface area contributed by atoms with Crippen molar-refractivity contribution in [1.82, 2.24) is 5.32 Å². The van der Waals surface area contributed by atoms with Crippen LogP contribution in [-0.2, 0) is 13.9 Å². The number of rotatable bonds is 46. The van der Waals surface area contributed by atoms with Gasteiger partial charge in [0.2, 0.25) is 5.91 Å². The van der Waals surface area contributed by atoms with E-state index in [1.807, 2.05) is 6.08 Å². The van der Waals surface area contributed by atoms with Gasteiger partial charge in [-0.3, -0.25) is 9.32 Å². The monoisotopic (exact) mass is 814 g/mol. The second-order valence-corrected chi connectivity index (χ2v) is 18.4. The number of carbonyl (C=O) groups is 1. The molecular formula is C48H96NO6P. The molecule has 56 heavy (non-hydrogen) atoms. The van der Waals surface area contributed by atoms with Crippen molar-refractivity contribution in [2.24, 2.45) is 0 Å². The van der Waals surface area contributed by atoms with E-state index in [0.717, 1.165) is 38.5 Å². The third-order valence-corrected chi connectivity index (χ3v) is 12.0. The first-order valence-electron chi connectivity index (χ1n) is 24.6. The molecule has 0 aliphatic heterocycles. The third kappa shape index (κ3) is 44.4. The Balaban J connectivity index is 3.78. The Hall–Kier alpha value is -0.720. The molecule has 0 spiro atoms. The molecule has 7 nitrogen and oxygen atoms in total. The number of hydrogen-bond donors (Lipinski definition) is 4. The number of amides is 1. The van der Waals surface area contributed by atoms with E-state index in [4.69, 9.17) is 0 Å². The quantitative estimate of drug-likeness (QED) is 0.0276. The van der Waals surface area contributed by atoms with Crippen LogP contribution in [0.3, 0.4) is 0 Å². The summed E-state index contributed by atoms with van der Waals surface area (Å²) >= 11 is 0. The Kier molecular flexibility index (Phi) is 43.3. The molecule has 0 unspecified atom stereocenters. The number of unbranched alkanes of at least 4 members (excludes halogenated alkanes) is 37. The minimum absolute atomic E-state index is 0.220. The minimum Gasteiger partial charge on any atom is -0.387 e. The summed E-state index contributed by atoms with van der Waals surface area (Å²) in [6.45, 7) is 4.10. The molecular weight excluding hydrogens is 718 g/mol. The lowest BCUT2D eigenvalue weighted by Gasteiger charge is -2.22. The molecule has 0 aromatic carbocycles. The van der Waals surface area contributed by atoms with E-state index in [1.54, 1.807) is 6.08 Å². The van der Waals surface area contributed by atoms with Crippen LogP contribution in [0.25, 0.3) is 0 Å². The highest BCUT2D eigenvalue weighted by molar-refractivity contribution is 7.46. The van der Waals surface area contributed by atoms with Gasteiger partial charge >= 0.3 is 7.82 Å². The molecule has 0 bridgehead atoms. The number of aliphatic hydroxyl groups is 1. The van der Waals surface area contributed by atoms with Gasteiger partial charge in [-0.15, -0.1) is 0 Å². The first kappa shape index (κ1) is 55.3. The number of carbonyl (C=O) groups excluding carboxylic acids is 1. The number of hydrogen-bond acceptors (Lipinski definition) is 4. The van der Waals surface area contributed by atoms with Crippen LogP contribution in [0.5, 0.6) is 0 Å². The summed E-state index contributed by atoms with van der Waals surface area (Å²) in [6.07, 6.45) is 54.0. The van der Waals surface area contributed by atoms with E-state index < -0.39 is 26.6 Å². The lowest BCUT2D eigenvalue weighted by atomic mass is 10.0. The van der Waals surface area contributed by atoms with Crippen LogP contribution >= 0.6 is 7.82 Å². The van der Waals surface area contributed by atoms with Crippen LogP contribution in [-0.4, -0.2) is 39.6 Å². The fourth-order valence-corrected chi connectivity index (χ4v) is 8.11. The zero-order valence-electron chi connectivity index (χ0n) is 37.3. The molecule has 0 saturated heterocycles. The van der Waals surface area contributed by atoms with Crippen molar-refractivity contribution in [2.45, 2.75) is 283 Å². The van der Waals surface area contributed by atoms with Crippen LogP contribution in [0.2, 0.25) is 0 Å². The van der Waals surface area contributed by atoms with Crippen molar-refractivity contribution < 1.29 is 28.8 Å². The Morgan fingerprint density at radius 1 is 0.500 bits per heavy atom. The summed E-state index contributed by atoms with van der Waals surface area (Å²) in [7, 11) is -4.71. The van der Waals surface area contributed by atoms with Gasteiger partial charge in [0.15, 0.2) is 0 Å². The molecule has 2 atom stereocenters. The summed E-state index contributed by atoms with van der Waals surface area (Å²) in [5.41, 5.74) is 0. The van der Waals surface area contributed by atoms with E-state index in [-0.39, 0.29) is 5.91 Å². The average molecular weight is 814 g/mol. The Morgan fingerprint density at radius 3 is 1.09 bits per heavy atom. The van der Waals surface area contributed by atoms with Crippen LogP contribution < -0.4 is 5.32 Å². The maximum atomic E-state index is 12.6. The second kappa shape index (κ2) is 43.8. The largest absolute Gasteiger partial charge is 0.469 e. The van der Waals surface area contributed by atoms with E-state index in [1.165, 1.54) is 212 Å². The van der Waals surface area contributed by atoms with Crippen molar-refractivity contribution in [3.8, 4) is 0 Å². The zero-order chi connectivity index (χ0) is 41.1. The SMILES string of the molecule is CCCCCCCCCCCCCCC/C=C/[C@@H](O)[C@H](COP(=O)(O)O)NC(=O)CCCCCCCCCCCCCCCCCCCCCCCCCCC. The highest BCUT2D eigenvalue weighted by atomic mass is 31.2. The fourth-order valence-electron chi connectivity index (χ4n) is 7.76. The van der Waals surface area contributed by atoms with Crippen molar-refractivity contribution in [1.29, 1.82) is 0 Å². The standard InChI is InChI=1S/C48H96NO6P/c1-3-5-7-9-11-13-15-17-19-20-21-22-23-24-25-26-27-28-30-32-34-36-38-40-42-44-48(51)49-46(45-55-56(52,53)54)47(50)43-41-39-37-35-33-31-29-18-16-14-12-10-8-6-4-2/h41,43,46-47,50H,3-40,42,44-45H2,1-2H3,(H,49,51)(H2,52,53,54)/b43-41+/t46-,47+/m0/s1. The molecule has 0 heterocycles. The van der Waals surface area contributed by atoms with Gasteiger partial charge in [-0.2, -0.15) is 0 Å². The molecule has 0 saturated carbocycles. The number of phosphoric ester groups is 1. The van der Waals surface area contributed by atoms with Crippen LogP contribution in [0.4, 0.5) is 0 Å². The molecule has 0 aromatic heterocycles. The van der Waals surface area contributed by atoms with Gasteiger partial charge in [-0.25, -0.2) is 4.57 Å². The van der Waals surface area contributed by atoms with Gasteiger partial charge in [0.1, 0.15) is 0 Å². The van der Waals surface area contributed by atoms with E-state index in [0.29, 0.717) is 6.42 Å². The normalized spacial score (nSPS) is 13.2. The van der Waals surface area contributed by atoms with E-state index in [9.17, 15) is 24.3 Å². The lowest BCUT2D eigenvalue weighted by molar-refractivity contribution is -0.123. The van der Waals surface area contributed by atoms with Gasteiger partial charge < -0.3 is 20.2 Å². The lowest BCUT2D eigenvalue weighted by Crippen LogP contribution is -2.45.